The second-order valence-corrected chi connectivity index (χ2v) is 6.14. The van der Waals surface area contributed by atoms with E-state index in [1.54, 1.807) is 20.3 Å². The van der Waals surface area contributed by atoms with Crippen LogP contribution < -0.4 is 9.47 Å². The van der Waals surface area contributed by atoms with Crippen molar-refractivity contribution in [3.8, 4) is 22.6 Å². The minimum atomic E-state index is -0.389. The molecule has 4 aromatic rings. The highest BCUT2D eigenvalue weighted by molar-refractivity contribution is 6.16. The number of fused-ring (bicyclic) bond motifs is 3. The summed E-state index contributed by atoms with van der Waals surface area (Å²) in [6.45, 7) is 0. The van der Waals surface area contributed by atoms with Gasteiger partial charge in [0.2, 0.25) is 0 Å². The van der Waals surface area contributed by atoms with Crippen LogP contribution in [0.25, 0.3) is 32.9 Å². The minimum Gasteiger partial charge on any atom is -0.493 e. The lowest BCUT2D eigenvalue weighted by molar-refractivity contribution is 0.0601. The molecule has 0 aliphatic rings. The van der Waals surface area contributed by atoms with Crippen molar-refractivity contribution >= 4 is 27.8 Å². The molecule has 1 heterocycles. The number of nitrogens with one attached hydrogen (secondary N) is 1. The second kappa shape index (κ2) is 6.68. The molecule has 0 saturated heterocycles. The third-order valence-electron chi connectivity index (χ3n) is 4.76. The fraction of sp³-hybridized carbons (Fsp3) is 0.136. The lowest BCUT2D eigenvalue weighted by atomic mass is 9.96. The monoisotopic (exact) mass is 361 g/mol. The number of carbonyl (C=O) groups is 1. The summed E-state index contributed by atoms with van der Waals surface area (Å²) in [5.41, 5.74) is 3.99. The van der Waals surface area contributed by atoms with Crippen molar-refractivity contribution in [2.75, 3.05) is 21.3 Å². The van der Waals surface area contributed by atoms with Crippen molar-refractivity contribution in [3.05, 3.63) is 60.2 Å². The quantitative estimate of drug-likeness (QED) is 0.531. The van der Waals surface area contributed by atoms with Crippen molar-refractivity contribution in [1.82, 2.24) is 4.98 Å². The first kappa shape index (κ1) is 17.0. The summed E-state index contributed by atoms with van der Waals surface area (Å²) in [6, 6.07) is 17.4. The number of methoxy groups -OCH3 is 3. The first-order valence-corrected chi connectivity index (χ1v) is 8.52. The van der Waals surface area contributed by atoms with Gasteiger partial charge in [-0.05, 0) is 29.8 Å². The molecule has 4 rings (SSSR count). The average Bonchev–Trinajstić information content (AvgIpc) is 3.10. The molecular weight excluding hydrogens is 342 g/mol. The van der Waals surface area contributed by atoms with Crippen LogP contribution in [0.1, 0.15) is 10.4 Å². The normalized spacial score (nSPS) is 10.9. The molecule has 0 amide bonds. The van der Waals surface area contributed by atoms with E-state index in [1.807, 2.05) is 42.5 Å². The Morgan fingerprint density at radius 1 is 0.852 bits per heavy atom. The molecule has 5 nitrogen and oxygen atoms in total. The van der Waals surface area contributed by atoms with Gasteiger partial charge in [-0.1, -0.05) is 30.3 Å². The number of hydrogen-bond donors (Lipinski definition) is 1. The van der Waals surface area contributed by atoms with E-state index in [-0.39, 0.29) is 5.97 Å². The SMILES string of the molecule is COC(=O)c1ccc2c([nH]c3ccccc32)c1-c1ccc(OC)c(OC)c1. The predicted molar refractivity (Wildman–Crippen MR) is 106 cm³/mol. The number of rotatable bonds is 4. The molecule has 0 aliphatic carbocycles. The Morgan fingerprint density at radius 3 is 2.37 bits per heavy atom. The van der Waals surface area contributed by atoms with E-state index in [9.17, 15) is 4.79 Å². The van der Waals surface area contributed by atoms with Gasteiger partial charge < -0.3 is 19.2 Å². The van der Waals surface area contributed by atoms with Crippen molar-refractivity contribution in [1.29, 1.82) is 0 Å². The fourth-order valence-corrected chi connectivity index (χ4v) is 3.49. The highest BCUT2D eigenvalue weighted by Crippen LogP contribution is 2.39. The molecule has 3 aromatic carbocycles. The molecule has 1 aromatic heterocycles. The van der Waals surface area contributed by atoms with Crippen LogP contribution in [-0.2, 0) is 4.74 Å². The first-order chi connectivity index (χ1) is 13.2. The summed E-state index contributed by atoms with van der Waals surface area (Å²) >= 11 is 0. The van der Waals surface area contributed by atoms with Gasteiger partial charge in [0.1, 0.15) is 0 Å². The van der Waals surface area contributed by atoms with E-state index in [1.165, 1.54) is 7.11 Å². The Kier molecular flexibility index (Phi) is 4.20. The van der Waals surface area contributed by atoms with Crippen LogP contribution >= 0.6 is 0 Å². The van der Waals surface area contributed by atoms with Crippen molar-refractivity contribution in [3.63, 3.8) is 0 Å². The second-order valence-electron chi connectivity index (χ2n) is 6.14. The van der Waals surface area contributed by atoms with Crippen molar-refractivity contribution in [2.24, 2.45) is 0 Å². The minimum absolute atomic E-state index is 0.389. The number of para-hydroxylation sites is 1. The highest BCUT2D eigenvalue weighted by atomic mass is 16.5. The van der Waals surface area contributed by atoms with E-state index < -0.39 is 0 Å². The average molecular weight is 361 g/mol. The van der Waals surface area contributed by atoms with Crippen molar-refractivity contribution in [2.45, 2.75) is 0 Å². The van der Waals surface area contributed by atoms with Gasteiger partial charge in [0.05, 0.1) is 32.4 Å². The zero-order valence-electron chi connectivity index (χ0n) is 15.3. The summed E-state index contributed by atoms with van der Waals surface area (Å²) in [6.07, 6.45) is 0. The van der Waals surface area contributed by atoms with Crippen LogP contribution in [0, 0.1) is 0 Å². The van der Waals surface area contributed by atoms with Crippen LogP contribution in [0.5, 0.6) is 11.5 Å². The van der Waals surface area contributed by atoms with Crippen LogP contribution in [0.4, 0.5) is 0 Å². The lowest BCUT2D eigenvalue weighted by Gasteiger charge is -2.13. The van der Waals surface area contributed by atoms with Crippen molar-refractivity contribution < 1.29 is 19.0 Å². The van der Waals surface area contributed by atoms with Gasteiger partial charge in [-0.2, -0.15) is 0 Å². The molecular formula is C22H19NO4. The molecule has 0 aliphatic heterocycles. The summed E-state index contributed by atoms with van der Waals surface area (Å²) in [7, 11) is 4.57. The molecule has 0 spiro atoms. The molecule has 0 fully saturated rings. The Hall–Kier alpha value is -3.47. The first-order valence-electron chi connectivity index (χ1n) is 8.52. The van der Waals surface area contributed by atoms with Gasteiger partial charge >= 0.3 is 5.97 Å². The van der Waals surface area contributed by atoms with Gasteiger partial charge in [-0.15, -0.1) is 0 Å². The van der Waals surface area contributed by atoms with Crippen LogP contribution in [0.3, 0.4) is 0 Å². The maximum atomic E-state index is 12.5. The summed E-state index contributed by atoms with van der Waals surface area (Å²) in [4.78, 5) is 15.9. The van der Waals surface area contributed by atoms with Gasteiger partial charge in [0.25, 0.3) is 0 Å². The molecule has 27 heavy (non-hydrogen) atoms. The fourth-order valence-electron chi connectivity index (χ4n) is 3.49. The number of H-pyrrole nitrogens is 1. The van der Waals surface area contributed by atoms with Crippen LogP contribution in [0.15, 0.2) is 54.6 Å². The molecule has 136 valence electrons. The number of carbonyl (C=O) groups excluding carboxylic acids is 1. The summed E-state index contributed by atoms with van der Waals surface area (Å²) in [5.74, 6) is 0.837. The molecule has 0 bridgehead atoms. The van der Waals surface area contributed by atoms with E-state index in [2.05, 4.69) is 11.1 Å². The van der Waals surface area contributed by atoms with Crippen LogP contribution in [0.2, 0.25) is 0 Å². The molecule has 5 heteroatoms. The third-order valence-corrected chi connectivity index (χ3v) is 4.76. The smallest absolute Gasteiger partial charge is 0.338 e. The highest BCUT2D eigenvalue weighted by Gasteiger charge is 2.20. The number of ether oxygens (including phenoxy) is 3. The number of esters is 1. The maximum Gasteiger partial charge on any atom is 0.338 e. The van der Waals surface area contributed by atoms with E-state index in [4.69, 9.17) is 14.2 Å². The molecule has 0 radical (unpaired) electrons. The standard InChI is InChI=1S/C22H19NO4/c1-25-18-11-8-13(12-19(18)26-2)20-16(22(24)27-3)10-9-15-14-6-4-5-7-17(14)23-21(15)20/h4-12,23H,1-3H3. The van der Waals surface area contributed by atoms with Crippen LogP contribution in [-0.4, -0.2) is 32.3 Å². The predicted octanol–water partition coefficient (Wildman–Crippen LogP) is 4.79. The molecule has 0 atom stereocenters. The topological polar surface area (TPSA) is 60.6 Å². The lowest BCUT2D eigenvalue weighted by Crippen LogP contribution is -2.04. The summed E-state index contributed by atoms with van der Waals surface area (Å²) in [5, 5.41) is 2.15. The number of aromatic nitrogens is 1. The third kappa shape index (κ3) is 2.68. The van der Waals surface area contributed by atoms with Gasteiger partial charge in [-0.25, -0.2) is 4.79 Å². The van der Waals surface area contributed by atoms with E-state index >= 15 is 0 Å². The zero-order chi connectivity index (χ0) is 19.0. The molecule has 1 N–H and O–H groups in total. The Balaban J connectivity index is 2.08. The molecule has 0 unspecified atom stereocenters. The Bertz CT molecular complexity index is 1160. The number of aromatic amines is 1. The molecule has 0 saturated carbocycles. The van der Waals surface area contributed by atoms with E-state index in [0.29, 0.717) is 17.1 Å². The maximum absolute atomic E-state index is 12.5. The van der Waals surface area contributed by atoms with Gasteiger partial charge in [-0.3, -0.25) is 0 Å². The Labute approximate surface area is 156 Å². The van der Waals surface area contributed by atoms with Gasteiger partial charge in [0.15, 0.2) is 11.5 Å². The van der Waals surface area contributed by atoms with E-state index in [0.717, 1.165) is 32.9 Å². The zero-order valence-corrected chi connectivity index (χ0v) is 15.3. The van der Waals surface area contributed by atoms with Gasteiger partial charge in [0, 0.05) is 21.9 Å². The number of hydrogen-bond acceptors (Lipinski definition) is 4. The summed E-state index contributed by atoms with van der Waals surface area (Å²) < 4.78 is 15.8. The largest absolute Gasteiger partial charge is 0.493 e. The Morgan fingerprint density at radius 2 is 1.63 bits per heavy atom. The number of benzene rings is 3.